The van der Waals surface area contributed by atoms with Gasteiger partial charge in [0.15, 0.2) is 0 Å². The third-order valence-electron chi connectivity index (χ3n) is 5.16. The molecule has 3 rings (SSSR count). The highest BCUT2D eigenvalue weighted by Gasteiger charge is 2.23. The van der Waals surface area contributed by atoms with Crippen molar-refractivity contribution >= 4 is 34.8 Å². The Bertz CT molecular complexity index is 976. The Hall–Kier alpha value is -2.85. The van der Waals surface area contributed by atoms with Gasteiger partial charge in [-0.05, 0) is 50.5 Å². The summed E-state index contributed by atoms with van der Waals surface area (Å²) in [5.41, 5.74) is 4.21. The maximum absolute atomic E-state index is 12.4. The minimum atomic E-state index is -0.116. The molecule has 0 atom stereocenters. The Morgan fingerprint density at radius 1 is 1.38 bits per heavy atom. The normalized spacial score (nSPS) is 13.6. The maximum Gasteiger partial charge on any atom is 0.227 e. The van der Waals surface area contributed by atoms with Crippen molar-refractivity contribution in [2.45, 2.75) is 52.5 Å². The van der Waals surface area contributed by atoms with E-state index < -0.39 is 0 Å². The highest BCUT2D eigenvalue weighted by molar-refractivity contribution is 6.34. The van der Waals surface area contributed by atoms with Crippen LogP contribution in [-0.4, -0.2) is 28.1 Å². The smallest absolute Gasteiger partial charge is 0.227 e. The van der Waals surface area contributed by atoms with Crippen LogP contribution in [0.1, 0.15) is 42.6 Å². The van der Waals surface area contributed by atoms with Gasteiger partial charge in [-0.3, -0.25) is 14.3 Å². The molecule has 2 amide bonds. The quantitative estimate of drug-likeness (QED) is 0.747. The summed E-state index contributed by atoms with van der Waals surface area (Å²) in [5.74, 6) is -0.0422. The fourth-order valence-corrected chi connectivity index (χ4v) is 3.92. The molecule has 0 aliphatic carbocycles. The van der Waals surface area contributed by atoms with Crippen LogP contribution in [0.15, 0.2) is 18.2 Å². The van der Waals surface area contributed by atoms with E-state index in [-0.39, 0.29) is 11.8 Å². The molecular weight excluding hydrogens is 390 g/mol. The summed E-state index contributed by atoms with van der Waals surface area (Å²) in [4.78, 5) is 26.0. The van der Waals surface area contributed by atoms with Crippen LogP contribution in [0.4, 0.5) is 11.4 Å². The fourth-order valence-electron chi connectivity index (χ4n) is 3.64. The summed E-state index contributed by atoms with van der Waals surface area (Å²) in [7, 11) is 0. The number of anilines is 2. The number of aromatic nitrogens is 2. The summed E-state index contributed by atoms with van der Waals surface area (Å²) in [5, 5.41) is 16.5. The van der Waals surface area contributed by atoms with Gasteiger partial charge in [-0.2, -0.15) is 10.4 Å². The van der Waals surface area contributed by atoms with Crippen molar-refractivity contribution in [3.05, 3.63) is 40.2 Å². The largest absolute Gasteiger partial charge is 0.326 e. The van der Waals surface area contributed by atoms with Crippen molar-refractivity contribution in [3.63, 3.8) is 0 Å². The van der Waals surface area contributed by atoms with Gasteiger partial charge in [-0.15, -0.1) is 0 Å². The number of halogens is 1. The topological polar surface area (TPSA) is 91.0 Å². The predicted octanol–water partition coefficient (Wildman–Crippen LogP) is 3.77. The Labute approximate surface area is 175 Å². The number of nitrogens with zero attached hydrogens (tertiary/aromatic N) is 4. The molecule has 0 radical (unpaired) electrons. The first-order valence-corrected chi connectivity index (χ1v) is 10.1. The van der Waals surface area contributed by atoms with E-state index in [2.05, 4.69) is 16.5 Å². The molecule has 29 heavy (non-hydrogen) atoms. The molecule has 1 N–H and O–H groups in total. The van der Waals surface area contributed by atoms with E-state index in [4.69, 9.17) is 16.9 Å². The summed E-state index contributed by atoms with van der Waals surface area (Å²) in [6.07, 6.45) is 2.67. The molecule has 2 aromatic rings. The molecule has 1 aromatic heterocycles. The first-order valence-electron chi connectivity index (χ1n) is 9.70. The molecule has 152 valence electrons. The van der Waals surface area contributed by atoms with Gasteiger partial charge >= 0.3 is 0 Å². The number of benzene rings is 1. The number of amides is 2. The molecule has 0 bridgehead atoms. The zero-order chi connectivity index (χ0) is 21.0. The minimum Gasteiger partial charge on any atom is -0.326 e. The second kappa shape index (κ2) is 9.10. The van der Waals surface area contributed by atoms with E-state index >= 15 is 0 Å². The molecule has 8 heteroatoms. The average molecular weight is 414 g/mol. The van der Waals surface area contributed by atoms with Crippen LogP contribution < -0.4 is 10.2 Å². The Morgan fingerprint density at radius 2 is 2.17 bits per heavy atom. The fraction of sp³-hybridized carbons (Fsp3) is 0.429. The lowest BCUT2D eigenvalue weighted by Crippen LogP contribution is -2.24. The number of nitriles is 1. The molecule has 0 saturated carbocycles. The highest BCUT2D eigenvalue weighted by atomic mass is 35.5. The Morgan fingerprint density at radius 3 is 2.83 bits per heavy atom. The SMILES string of the molecule is Cc1nn(CCC#N)c(C)c1CCC(=O)Nc1ccc(N2CCCC2=O)c(Cl)c1. The molecule has 0 unspecified atom stereocenters. The van der Waals surface area contributed by atoms with Crippen LogP contribution in [0, 0.1) is 25.2 Å². The van der Waals surface area contributed by atoms with E-state index in [1.165, 1.54) is 0 Å². The zero-order valence-electron chi connectivity index (χ0n) is 16.7. The van der Waals surface area contributed by atoms with Crippen molar-refractivity contribution in [2.75, 3.05) is 16.8 Å². The van der Waals surface area contributed by atoms with Gasteiger partial charge in [0.05, 0.1) is 35.4 Å². The van der Waals surface area contributed by atoms with Gasteiger partial charge in [0, 0.05) is 30.8 Å². The maximum atomic E-state index is 12.4. The standard InChI is InChI=1S/C21H24ClN5O2/c1-14-17(15(2)27(25-14)12-4-10-23)7-9-20(28)24-16-6-8-19(18(22)13-16)26-11-3-5-21(26)29/h6,8,13H,3-5,7,9,11-12H2,1-2H3,(H,24,28). The number of carbonyl (C=O) groups is 2. The lowest BCUT2D eigenvalue weighted by molar-refractivity contribution is -0.117. The van der Waals surface area contributed by atoms with Gasteiger partial charge in [-0.25, -0.2) is 0 Å². The molecule has 1 saturated heterocycles. The molecule has 2 heterocycles. The molecule has 1 aliphatic rings. The number of carbonyl (C=O) groups excluding carboxylic acids is 2. The monoisotopic (exact) mass is 413 g/mol. The van der Waals surface area contributed by atoms with Crippen LogP contribution in [0.25, 0.3) is 0 Å². The number of hydrogen-bond donors (Lipinski definition) is 1. The predicted molar refractivity (Wildman–Crippen MR) is 112 cm³/mol. The van der Waals surface area contributed by atoms with E-state index in [1.807, 2.05) is 18.5 Å². The first-order chi connectivity index (χ1) is 13.9. The van der Waals surface area contributed by atoms with E-state index in [0.717, 1.165) is 23.4 Å². The summed E-state index contributed by atoms with van der Waals surface area (Å²) in [6.45, 7) is 5.11. The van der Waals surface area contributed by atoms with Crippen LogP contribution >= 0.6 is 11.6 Å². The third-order valence-corrected chi connectivity index (χ3v) is 5.47. The third kappa shape index (κ3) is 4.77. The van der Waals surface area contributed by atoms with Gasteiger partial charge in [0.2, 0.25) is 11.8 Å². The van der Waals surface area contributed by atoms with Crippen LogP contribution in [0.5, 0.6) is 0 Å². The number of aryl methyl sites for hydroxylation is 2. The number of hydrogen-bond acceptors (Lipinski definition) is 4. The van der Waals surface area contributed by atoms with Crippen LogP contribution in [0.2, 0.25) is 5.02 Å². The lowest BCUT2D eigenvalue weighted by Gasteiger charge is -2.18. The second-order valence-corrected chi connectivity index (χ2v) is 7.55. The molecule has 1 aromatic carbocycles. The first kappa shape index (κ1) is 20.9. The number of rotatable bonds is 7. The Kier molecular flexibility index (Phi) is 6.55. The van der Waals surface area contributed by atoms with Gasteiger partial charge in [-0.1, -0.05) is 11.6 Å². The summed E-state index contributed by atoms with van der Waals surface area (Å²) in [6, 6.07) is 7.34. The zero-order valence-corrected chi connectivity index (χ0v) is 17.4. The molecular formula is C21H24ClN5O2. The summed E-state index contributed by atoms with van der Waals surface area (Å²) >= 11 is 6.34. The van der Waals surface area contributed by atoms with Crippen LogP contribution in [0.3, 0.4) is 0 Å². The molecule has 7 nitrogen and oxygen atoms in total. The van der Waals surface area contributed by atoms with Crippen molar-refractivity contribution < 1.29 is 9.59 Å². The average Bonchev–Trinajstić information content (AvgIpc) is 3.21. The van der Waals surface area contributed by atoms with Crippen molar-refractivity contribution in [3.8, 4) is 6.07 Å². The van der Waals surface area contributed by atoms with E-state index in [1.54, 1.807) is 23.1 Å². The highest BCUT2D eigenvalue weighted by Crippen LogP contribution is 2.31. The van der Waals surface area contributed by atoms with Crippen molar-refractivity contribution in [2.24, 2.45) is 0 Å². The molecule has 1 fully saturated rings. The lowest BCUT2D eigenvalue weighted by atomic mass is 10.1. The van der Waals surface area contributed by atoms with E-state index in [0.29, 0.717) is 55.2 Å². The Balaban J connectivity index is 1.60. The van der Waals surface area contributed by atoms with Gasteiger partial charge in [0.25, 0.3) is 0 Å². The molecule has 1 aliphatic heterocycles. The summed E-state index contributed by atoms with van der Waals surface area (Å²) < 4.78 is 1.82. The van der Waals surface area contributed by atoms with Gasteiger partial charge in [0.1, 0.15) is 0 Å². The van der Waals surface area contributed by atoms with Crippen LogP contribution in [-0.2, 0) is 22.6 Å². The van der Waals surface area contributed by atoms with Crippen molar-refractivity contribution in [1.82, 2.24) is 9.78 Å². The van der Waals surface area contributed by atoms with Gasteiger partial charge < -0.3 is 10.2 Å². The second-order valence-electron chi connectivity index (χ2n) is 7.14. The molecule has 0 spiro atoms. The number of nitrogens with one attached hydrogen (secondary N) is 1. The van der Waals surface area contributed by atoms with Crippen molar-refractivity contribution in [1.29, 1.82) is 5.26 Å². The minimum absolute atomic E-state index is 0.0738. The van der Waals surface area contributed by atoms with E-state index in [9.17, 15) is 9.59 Å².